The average Bonchev–Trinajstić information content (AvgIpc) is 2.82. The zero-order chi connectivity index (χ0) is 25.0. The van der Waals surface area contributed by atoms with Gasteiger partial charge in [0.2, 0.25) is 0 Å². The van der Waals surface area contributed by atoms with Crippen LogP contribution in [0, 0.1) is 0 Å². The van der Waals surface area contributed by atoms with Gasteiger partial charge in [0.15, 0.2) is 0 Å². The maximum Gasteiger partial charge on any atom is 0.0564 e. The highest BCUT2D eigenvalue weighted by molar-refractivity contribution is 4.64. The summed E-state index contributed by atoms with van der Waals surface area (Å²) in [6.45, 7) is 4.50. The molecule has 0 spiro atoms. The highest BCUT2D eigenvalue weighted by atomic mass is 16.3. The zero-order valence-electron chi connectivity index (χ0n) is 23.8. The summed E-state index contributed by atoms with van der Waals surface area (Å²) in [5.74, 6) is 0. The Labute approximate surface area is 216 Å². The third-order valence-corrected chi connectivity index (χ3v) is 7.58. The molecular weight excluding hydrogens is 416 g/mol. The number of hydrogen-bond acceptors (Lipinski definition) is 2. The minimum Gasteiger partial charge on any atom is -0.393 e. The van der Waals surface area contributed by atoms with Crippen molar-refractivity contribution in [2.75, 3.05) is 0 Å². The molecule has 206 valence electrons. The Balaban J connectivity index is 3.17. The van der Waals surface area contributed by atoms with Crippen LogP contribution in [0.2, 0.25) is 0 Å². The van der Waals surface area contributed by atoms with Gasteiger partial charge >= 0.3 is 0 Å². The Hall–Kier alpha value is -0.0800. The van der Waals surface area contributed by atoms with Crippen molar-refractivity contribution >= 4 is 0 Å². The van der Waals surface area contributed by atoms with E-state index in [1.165, 1.54) is 148 Å². The lowest BCUT2D eigenvalue weighted by Gasteiger charge is -2.15. The molecule has 0 aromatic heterocycles. The number of rotatable bonds is 29. The summed E-state index contributed by atoms with van der Waals surface area (Å²) >= 11 is 0. The predicted octanol–water partition coefficient (Wildman–Crippen LogP) is 10.7. The summed E-state index contributed by atoms with van der Waals surface area (Å²) in [7, 11) is 0. The van der Waals surface area contributed by atoms with Gasteiger partial charge in [-0.3, -0.25) is 0 Å². The van der Waals surface area contributed by atoms with Gasteiger partial charge in [0, 0.05) is 0 Å². The van der Waals surface area contributed by atoms with Gasteiger partial charge in [-0.25, -0.2) is 0 Å². The maximum absolute atomic E-state index is 10.1. The molecule has 0 saturated heterocycles. The van der Waals surface area contributed by atoms with E-state index in [0.29, 0.717) is 6.42 Å². The Morgan fingerprint density at radius 1 is 0.324 bits per heavy atom. The van der Waals surface area contributed by atoms with Crippen molar-refractivity contribution in [1.82, 2.24) is 0 Å². The zero-order valence-corrected chi connectivity index (χ0v) is 23.8. The van der Waals surface area contributed by atoms with Gasteiger partial charge in [-0.1, -0.05) is 174 Å². The van der Waals surface area contributed by atoms with Crippen LogP contribution in [-0.2, 0) is 0 Å². The summed E-state index contributed by atoms with van der Waals surface area (Å²) in [6.07, 6.45) is 36.0. The van der Waals surface area contributed by atoms with E-state index in [1.807, 2.05) is 0 Å². The molecule has 0 aromatic rings. The number of aliphatic hydroxyl groups excluding tert-OH is 2. The minimum absolute atomic E-state index is 0.304. The van der Waals surface area contributed by atoms with Gasteiger partial charge in [-0.15, -0.1) is 0 Å². The molecule has 2 atom stereocenters. The minimum atomic E-state index is -0.304. The predicted molar refractivity (Wildman–Crippen MR) is 153 cm³/mol. The van der Waals surface area contributed by atoms with Crippen molar-refractivity contribution in [2.45, 2.75) is 206 Å². The Morgan fingerprint density at radius 2 is 0.529 bits per heavy atom. The standard InChI is InChI=1S/C32H66O2/c1-3-5-7-9-10-11-12-13-14-15-16-17-18-19-20-21-22-23-24-25-27-29-32(34)30-31(33)28-26-8-6-4-2/h31-34H,3-30H2,1-2H3. The van der Waals surface area contributed by atoms with Gasteiger partial charge in [-0.2, -0.15) is 0 Å². The van der Waals surface area contributed by atoms with Crippen molar-refractivity contribution in [3.05, 3.63) is 0 Å². The van der Waals surface area contributed by atoms with E-state index < -0.39 is 0 Å². The van der Waals surface area contributed by atoms with E-state index in [4.69, 9.17) is 0 Å². The normalized spacial score (nSPS) is 13.4. The van der Waals surface area contributed by atoms with Crippen molar-refractivity contribution in [1.29, 1.82) is 0 Å². The Kier molecular flexibility index (Phi) is 29.1. The van der Waals surface area contributed by atoms with E-state index in [9.17, 15) is 10.2 Å². The second-order valence-electron chi connectivity index (χ2n) is 11.3. The van der Waals surface area contributed by atoms with Crippen LogP contribution in [0.1, 0.15) is 194 Å². The second-order valence-corrected chi connectivity index (χ2v) is 11.3. The Morgan fingerprint density at radius 3 is 0.794 bits per heavy atom. The molecule has 34 heavy (non-hydrogen) atoms. The first kappa shape index (κ1) is 33.9. The van der Waals surface area contributed by atoms with Crippen LogP contribution in [-0.4, -0.2) is 22.4 Å². The molecule has 2 heteroatoms. The lowest BCUT2D eigenvalue weighted by molar-refractivity contribution is 0.0680. The van der Waals surface area contributed by atoms with Gasteiger partial charge in [0.05, 0.1) is 12.2 Å². The molecule has 2 nitrogen and oxygen atoms in total. The summed E-state index contributed by atoms with van der Waals surface area (Å²) in [4.78, 5) is 0. The van der Waals surface area contributed by atoms with Crippen LogP contribution in [0.25, 0.3) is 0 Å². The summed E-state index contributed by atoms with van der Waals surface area (Å²) in [6, 6.07) is 0. The molecule has 0 amide bonds. The SMILES string of the molecule is CCCCCCCCCCCCCCCCCCCCCCCC(O)CC(O)CCCCCC. The van der Waals surface area contributed by atoms with Crippen LogP contribution in [0.15, 0.2) is 0 Å². The molecule has 0 aliphatic rings. The van der Waals surface area contributed by atoms with Gasteiger partial charge in [0.25, 0.3) is 0 Å². The van der Waals surface area contributed by atoms with Crippen LogP contribution in [0.5, 0.6) is 0 Å². The first-order chi connectivity index (χ1) is 16.7. The molecule has 2 N–H and O–H groups in total. The molecule has 0 aromatic carbocycles. The van der Waals surface area contributed by atoms with E-state index in [0.717, 1.165) is 25.7 Å². The third-order valence-electron chi connectivity index (χ3n) is 7.58. The molecule has 0 fully saturated rings. The highest BCUT2D eigenvalue weighted by Crippen LogP contribution is 2.17. The average molecular weight is 483 g/mol. The number of hydrogen-bond donors (Lipinski definition) is 2. The van der Waals surface area contributed by atoms with Crippen LogP contribution in [0.3, 0.4) is 0 Å². The first-order valence-electron chi connectivity index (χ1n) is 16.1. The lowest BCUT2D eigenvalue weighted by atomic mass is 10.00. The van der Waals surface area contributed by atoms with E-state index in [-0.39, 0.29) is 12.2 Å². The number of aliphatic hydroxyl groups is 2. The molecule has 0 saturated carbocycles. The molecule has 0 radical (unpaired) electrons. The summed E-state index contributed by atoms with van der Waals surface area (Å²) < 4.78 is 0. The smallest absolute Gasteiger partial charge is 0.0564 e. The molecule has 0 rings (SSSR count). The van der Waals surface area contributed by atoms with Gasteiger partial charge in [0.1, 0.15) is 0 Å². The molecule has 0 heterocycles. The second kappa shape index (κ2) is 29.2. The number of unbranched alkanes of at least 4 members (excludes halogenated alkanes) is 23. The topological polar surface area (TPSA) is 40.5 Å². The first-order valence-corrected chi connectivity index (χ1v) is 16.1. The third kappa shape index (κ3) is 28.2. The Bertz CT molecular complexity index is 357. The highest BCUT2D eigenvalue weighted by Gasteiger charge is 2.11. The fourth-order valence-corrected chi connectivity index (χ4v) is 5.17. The summed E-state index contributed by atoms with van der Waals surface area (Å²) in [5.41, 5.74) is 0. The van der Waals surface area contributed by atoms with Gasteiger partial charge in [-0.05, 0) is 19.3 Å². The van der Waals surface area contributed by atoms with Crippen molar-refractivity contribution in [3.63, 3.8) is 0 Å². The monoisotopic (exact) mass is 483 g/mol. The summed E-state index contributed by atoms with van der Waals surface area (Å²) in [5, 5.41) is 20.2. The van der Waals surface area contributed by atoms with Crippen LogP contribution < -0.4 is 0 Å². The molecule has 2 unspecified atom stereocenters. The maximum atomic E-state index is 10.1. The van der Waals surface area contributed by atoms with Crippen LogP contribution in [0.4, 0.5) is 0 Å². The van der Waals surface area contributed by atoms with Crippen LogP contribution >= 0.6 is 0 Å². The fourth-order valence-electron chi connectivity index (χ4n) is 5.17. The van der Waals surface area contributed by atoms with E-state index >= 15 is 0 Å². The fraction of sp³-hybridized carbons (Fsp3) is 1.00. The molecule has 0 aliphatic heterocycles. The lowest BCUT2D eigenvalue weighted by Crippen LogP contribution is -2.17. The van der Waals surface area contributed by atoms with Crippen molar-refractivity contribution in [3.8, 4) is 0 Å². The van der Waals surface area contributed by atoms with Gasteiger partial charge < -0.3 is 10.2 Å². The van der Waals surface area contributed by atoms with Crippen molar-refractivity contribution in [2.24, 2.45) is 0 Å². The van der Waals surface area contributed by atoms with E-state index in [1.54, 1.807) is 0 Å². The molecule has 0 bridgehead atoms. The van der Waals surface area contributed by atoms with Crippen molar-refractivity contribution < 1.29 is 10.2 Å². The quantitative estimate of drug-likeness (QED) is 0.104. The largest absolute Gasteiger partial charge is 0.393 e. The molecule has 0 aliphatic carbocycles. The van der Waals surface area contributed by atoms with E-state index in [2.05, 4.69) is 13.8 Å². The molecular formula is C32H66O2.